The second kappa shape index (κ2) is 12.0. The number of hydrogen-bond acceptors (Lipinski definition) is 5. The molecule has 2 heterocycles. The van der Waals surface area contributed by atoms with Crippen LogP contribution in [0.3, 0.4) is 0 Å². The number of nitrogens with one attached hydrogen (secondary N) is 2. The first-order valence-electron chi connectivity index (χ1n) is 9.57. The second-order valence-electron chi connectivity index (χ2n) is 7.42. The Morgan fingerprint density at radius 3 is 2.78 bits per heavy atom. The quantitative estimate of drug-likeness (QED) is 0.295. The van der Waals surface area contributed by atoms with Gasteiger partial charge in [-0.2, -0.15) is 11.8 Å². The topological polar surface area (TPSA) is 83.0 Å². The molecule has 0 amide bonds. The van der Waals surface area contributed by atoms with Crippen LogP contribution in [0.25, 0.3) is 0 Å². The molecule has 2 saturated heterocycles. The molecule has 0 aliphatic carbocycles. The minimum absolute atomic E-state index is 0. The van der Waals surface area contributed by atoms with E-state index < -0.39 is 10.0 Å². The van der Waals surface area contributed by atoms with Gasteiger partial charge in [0.15, 0.2) is 5.96 Å². The SMILES string of the molecule is CCNC(=NCCS(=O)(=O)NCC1CCCCO1)N1CCSC(C)(C)C1.I. The average Bonchev–Trinajstić information content (AvgIpc) is 2.59. The second-order valence-corrected chi connectivity index (χ2v) is 11.1. The van der Waals surface area contributed by atoms with Gasteiger partial charge in [0.2, 0.25) is 10.0 Å². The van der Waals surface area contributed by atoms with Crippen LogP contribution in [0, 0.1) is 0 Å². The molecule has 0 aromatic carbocycles. The molecule has 0 spiro atoms. The van der Waals surface area contributed by atoms with Gasteiger partial charge in [0.1, 0.15) is 0 Å². The van der Waals surface area contributed by atoms with Crippen molar-refractivity contribution >= 4 is 51.7 Å². The van der Waals surface area contributed by atoms with Crippen LogP contribution in [0.15, 0.2) is 4.99 Å². The Morgan fingerprint density at radius 1 is 1.37 bits per heavy atom. The maximum Gasteiger partial charge on any atom is 0.213 e. The summed E-state index contributed by atoms with van der Waals surface area (Å²) >= 11 is 1.97. The number of guanidine groups is 1. The molecule has 160 valence electrons. The number of halogens is 1. The molecule has 0 saturated carbocycles. The third-order valence-electron chi connectivity index (χ3n) is 4.49. The van der Waals surface area contributed by atoms with Crippen molar-refractivity contribution in [2.24, 2.45) is 4.99 Å². The average molecular weight is 535 g/mol. The monoisotopic (exact) mass is 534 g/mol. The van der Waals surface area contributed by atoms with Gasteiger partial charge in [0, 0.05) is 43.3 Å². The lowest BCUT2D eigenvalue weighted by Crippen LogP contribution is -2.51. The Kier molecular flexibility index (Phi) is 11.3. The van der Waals surface area contributed by atoms with Crippen molar-refractivity contribution in [3.8, 4) is 0 Å². The standard InChI is InChI=1S/C17H34N4O3S2.HI/c1-4-18-16(21-9-11-25-17(2,3)14-21)19-8-12-26(22,23)20-13-15-7-5-6-10-24-15;/h15,20H,4-14H2,1-3H3,(H,18,19);1H. The molecule has 10 heteroatoms. The fourth-order valence-electron chi connectivity index (χ4n) is 3.16. The van der Waals surface area contributed by atoms with Crippen LogP contribution >= 0.6 is 35.7 Å². The van der Waals surface area contributed by atoms with Gasteiger partial charge in [0.25, 0.3) is 0 Å². The van der Waals surface area contributed by atoms with Gasteiger partial charge < -0.3 is 15.0 Å². The minimum atomic E-state index is -3.33. The van der Waals surface area contributed by atoms with E-state index in [1.165, 1.54) is 0 Å². The Bertz CT molecular complexity index is 567. The largest absolute Gasteiger partial charge is 0.377 e. The summed E-state index contributed by atoms with van der Waals surface area (Å²) in [5, 5.41) is 3.29. The maximum absolute atomic E-state index is 12.2. The van der Waals surface area contributed by atoms with E-state index in [2.05, 4.69) is 33.8 Å². The summed E-state index contributed by atoms with van der Waals surface area (Å²) in [6, 6.07) is 0. The van der Waals surface area contributed by atoms with Crippen LogP contribution in [0.1, 0.15) is 40.0 Å². The van der Waals surface area contributed by atoms with Crippen LogP contribution in [-0.4, -0.2) is 81.0 Å². The van der Waals surface area contributed by atoms with Crippen LogP contribution in [-0.2, 0) is 14.8 Å². The molecule has 0 bridgehead atoms. The zero-order chi connectivity index (χ0) is 19.0. The van der Waals surface area contributed by atoms with Crippen LogP contribution in [0.2, 0.25) is 0 Å². The lowest BCUT2D eigenvalue weighted by atomic mass is 10.1. The number of nitrogens with zero attached hydrogens (tertiary/aromatic N) is 2. The van der Waals surface area contributed by atoms with Crippen LogP contribution < -0.4 is 10.0 Å². The molecule has 2 aliphatic rings. The minimum Gasteiger partial charge on any atom is -0.377 e. The molecule has 0 radical (unpaired) electrons. The van der Waals surface area contributed by atoms with E-state index in [1.54, 1.807) is 0 Å². The molecule has 2 aliphatic heterocycles. The molecule has 2 N–H and O–H groups in total. The number of aliphatic imine (C=N–C) groups is 1. The van der Waals surface area contributed by atoms with Crippen molar-refractivity contribution in [1.29, 1.82) is 0 Å². The van der Waals surface area contributed by atoms with E-state index in [9.17, 15) is 8.42 Å². The molecule has 1 atom stereocenters. The first-order valence-corrected chi connectivity index (χ1v) is 12.2. The van der Waals surface area contributed by atoms with Gasteiger partial charge in [-0.05, 0) is 40.0 Å². The van der Waals surface area contributed by atoms with E-state index in [-0.39, 0.29) is 47.1 Å². The van der Waals surface area contributed by atoms with Gasteiger partial charge >= 0.3 is 0 Å². The summed E-state index contributed by atoms with van der Waals surface area (Å²) in [6.07, 6.45) is 3.10. The van der Waals surface area contributed by atoms with Gasteiger partial charge in [-0.15, -0.1) is 24.0 Å². The molecule has 2 rings (SSSR count). The highest BCUT2D eigenvalue weighted by Crippen LogP contribution is 2.29. The van der Waals surface area contributed by atoms with Crippen molar-refractivity contribution in [1.82, 2.24) is 14.9 Å². The van der Waals surface area contributed by atoms with Gasteiger partial charge in [-0.25, -0.2) is 13.1 Å². The molecule has 1 unspecified atom stereocenters. The van der Waals surface area contributed by atoms with E-state index in [4.69, 9.17) is 4.74 Å². The number of sulfonamides is 1. The van der Waals surface area contributed by atoms with Crippen LogP contribution in [0.4, 0.5) is 0 Å². The van der Waals surface area contributed by atoms with E-state index in [1.807, 2.05) is 18.7 Å². The van der Waals surface area contributed by atoms with E-state index in [0.29, 0.717) is 6.54 Å². The third kappa shape index (κ3) is 9.51. The van der Waals surface area contributed by atoms with Gasteiger partial charge in [0.05, 0.1) is 18.4 Å². The van der Waals surface area contributed by atoms with Crippen LogP contribution in [0.5, 0.6) is 0 Å². The highest BCUT2D eigenvalue weighted by atomic mass is 127. The smallest absolute Gasteiger partial charge is 0.213 e. The summed E-state index contributed by atoms with van der Waals surface area (Å²) < 4.78 is 32.9. The molecule has 0 aromatic rings. The van der Waals surface area contributed by atoms with E-state index in [0.717, 1.165) is 57.2 Å². The van der Waals surface area contributed by atoms with Gasteiger partial charge in [-0.1, -0.05) is 0 Å². The highest BCUT2D eigenvalue weighted by Gasteiger charge is 2.28. The normalized spacial score (nSPS) is 23.6. The molecule has 2 fully saturated rings. The molecule has 7 nitrogen and oxygen atoms in total. The zero-order valence-corrected chi connectivity index (χ0v) is 20.7. The summed E-state index contributed by atoms with van der Waals surface area (Å²) in [6.45, 7) is 10.5. The number of rotatable bonds is 7. The van der Waals surface area contributed by atoms with Crippen molar-refractivity contribution in [3.05, 3.63) is 0 Å². The predicted molar refractivity (Wildman–Crippen MR) is 125 cm³/mol. The molecule has 27 heavy (non-hydrogen) atoms. The third-order valence-corrected chi connectivity index (χ3v) is 7.11. The summed E-state index contributed by atoms with van der Waals surface area (Å²) in [5.74, 6) is 1.87. The lowest BCUT2D eigenvalue weighted by molar-refractivity contribution is 0.0200. The molecular formula is C17H35IN4O3S2. The van der Waals surface area contributed by atoms with Crippen molar-refractivity contribution < 1.29 is 13.2 Å². The fraction of sp³-hybridized carbons (Fsp3) is 0.941. The first-order chi connectivity index (χ1) is 12.3. The zero-order valence-electron chi connectivity index (χ0n) is 16.7. The number of hydrogen-bond donors (Lipinski definition) is 2. The lowest BCUT2D eigenvalue weighted by Gasteiger charge is -2.39. The molecule has 0 aromatic heterocycles. The van der Waals surface area contributed by atoms with Crippen molar-refractivity contribution in [2.75, 3.05) is 50.8 Å². The highest BCUT2D eigenvalue weighted by molar-refractivity contribution is 14.0. The van der Waals surface area contributed by atoms with Crippen molar-refractivity contribution in [2.45, 2.75) is 50.9 Å². The van der Waals surface area contributed by atoms with Gasteiger partial charge in [-0.3, -0.25) is 4.99 Å². The summed E-state index contributed by atoms with van der Waals surface area (Å²) in [4.78, 5) is 6.79. The summed E-state index contributed by atoms with van der Waals surface area (Å²) in [5.41, 5.74) is 0. The Labute approximate surface area is 185 Å². The number of ether oxygens (including phenoxy) is 1. The predicted octanol–water partition coefficient (Wildman–Crippen LogP) is 1.89. The van der Waals surface area contributed by atoms with Crippen molar-refractivity contribution in [3.63, 3.8) is 0 Å². The summed E-state index contributed by atoms with van der Waals surface area (Å²) in [7, 11) is -3.33. The maximum atomic E-state index is 12.2. The number of thioether (sulfide) groups is 1. The van der Waals surface area contributed by atoms with E-state index >= 15 is 0 Å². The Hall–Kier alpha value is 0.220. The first kappa shape index (κ1) is 25.3. The Morgan fingerprint density at radius 2 is 2.15 bits per heavy atom. The Balaban J connectivity index is 0.00000364. The fourth-order valence-corrected chi connectivity index (χ4v) is 5.18. The molecular weight excluding hydrogens is 499 g/mol.